The van der Waals surface area contributed by atoms with E-state index in [0.29, 0.717) is 6.61 Å². The Morgan fingerprint density at radius 3 is 1.49 bits per heavy atom. The predicted octanol–water partition coefficient (Wildman–Crippen LogP) is 5.16. The summed E-state index contributed by atoms with van der Waals surface area (Å²) in [4.78, 5) is 45.8. The molecule has 5 N–H and O–H groups in total. The number of unbranched alkanes of at least 4 members (excludes halogenated alkanes) is 15. The van der Waals surface area contributed by atoms with Crippen LogP contribution in [0.4, 0.5) is 0 Å². The van der Waals surface area contributed by atoms with Crippen molar-refractivity contribution in [3.63, 3.8) is 0 Å². The number of ether oxygens (including phenoxy) is 2. The van der Waals surface area contributed by atoms with Crippen molar-refractivity contribution in [1.82, 2.24) is 0 Å². The van der Waals surface area contributed by atoms with Crippen LogP contribution < -0.4 is 11.5 Å². The zero-order valence-corrected chi connectivity index (χ0v) is 23.1. The summed E-state index contributed by atoms with van der Waals surface area (Å²) in [5.41, 5.74) is 11.2. The predicted molar refractivity (Wildman–Crippen MR) is 144 cm³/mol. The van der Waals surface area contributed by atoms with E-state index in [1.54, 1.807) is 0 Å². The van der Waals surface area contributed by atoms with Crippen LogP contribution in [0, 0.1) is 0 Å². The highest BCUT2D eigenvalue weighted by Gasteiger charge is 2.22. The van der Waals surface area contributed by atoms with Gasteiger partial charge in [-0.2, -0.15) is 0 Å². The summed E-state index contributed by atoms with van der Waals surface area (Å²) in [5.74, 6) is -3.54. The second kappa shape index (κ2) is 24.3. The molecule has 2 atom stereocenters. The molecule has 0 spiro atoms. The first kappa shape index (κ1) is 35.0. The summed E-state index contributed by atoms with van der Waals surface area (Å²) < 4.78 is 9.74. The van der Waals surface area contributed by atoms with Gasteiger partial charge < -0.3 is 26.0 Å². The van der Waals surface area contributed by atoms with Gasteiger partial charge in [-0.1, -0.05) is 103 Å². The molecule has 0 fully saturated rings. The molecule has 0 amide bonds. The average Bonchev–Trinajstić information content (AvgIpc) is 2.87. The fourth-order valence-corrected chi connectivity index (χ4v) is 3.96. The molecule has 0 bridgehead atoms. The lowest BCUT2D eigenvalue weighted by atomic mass is 10.0. The second-order valence-electron chi connectivity index (χ2n) is 9.95. The SMILES string of the molecule is CCCCCCCCCCCCCCCCCCOC(=O)[C@@H](N)CCC(=O)OC(=O)[C@@H](N)CCC(=O)O. The fourth-order valence-electron chi connectivity index (χ4n) is 3.96. The molecular formula is C28H52N2O7. The summed E-state index contributed by atoms with van der Waals surface area (Å²) in [7, 11) is 0. The second-order valence-corrected chi connectivity index (χ2v) is 9.95. The zero-order valence-electron chi connectivity index (χ0n) is 23.1. The van der Waals surface area contributed by atoms with E-state index in [9.17, 15) is 19.2 Å². The van der Waals surface area contributed by atoms with E-state index >= 15 is 0 Å². The number of carbonyl (C=O) groups is 4. The monoisotopic (exact) mass is 528 g/mol. The van der Waals surface area contributed by atoms with Crippen molar-refractivity contribution in [2.75, 3.05) is 6.61 Å². The van der Waals surface area contributed by atoms with Crippen molar-refractivity contribution >= 4 is 23.9 Å². The Kier molecular flexibility index (Phi) is 23.0. The van der Waals surface area contributed by atoms with E-state index in [4.69, 9.17) is 21.3 Å². The molecule has 0 aromatic carbocycles. The molecular weight excluding hydrogens is 476 g/mol. The third kappa shape index (κ3) is 22.9. The lowest BCUT2D eigenvalue weighted by Gasteiger charge is -2.12. The van der Waals surface area contributed by atoms with Crippen molar-refractivity contribution < 1.29 is 33.8 Å². The van der Waals surface area contributed by atoms with Crippen molar-refractivity contribution in [3.8, 4) is 0 Å². The number of carboxylic acid groups (broad SMARTS) is 1. The molecule has 0 saturated carbocycles. The van der Waals surface area contributed by atoms with Gasteiger partial charge in [0.15, 0.2) is 0 Å². The number of hydrogen-bond acceptors (Lipinski definition) is 8. The third-order valence-corrected chi connectivity index (χ3v) is 6.39. The van der Waals surface area contributed by atoms with Crippen molar-refractivity contribution in [3.05, 3.63) is 0 Å². The van der Waals surface area contributed by atoms with Crippen LogP contribution >= 0.6 is 0 Å². The first-order valence-electron chi connectivity index (χ1n) is 14.4. The highest BCUT2D eigenvalue weighted by atomic mass is 16.6. The maximum absolute atomic E-state index is 12.0. The van der Waals surface area contributed by atoms with Gasteiger partial charge in [-0.25, -0.2) is 4.79 Å². The number of nitrogens with two attached hydrogens (primary N) is 2. The van der Waals surface area contributed by atoms with E-state index < -0.39 is 36.0 Å². The van der Waals surface area contributed by atoms with Crippen molar-refractivity contribution in [2.24, 2.45) is 11.5 Å². The molecule has 0 aliphatic rings. The fraction of sp³-hybridized carbons (Fsp3) is 0.857. The Balaban J connectivity index is 3.57. The summed E-state index contributed by atoms with van der Waals surface area (Å²) in [6.07, 6.45) is 19.6. The van der Waals surface area contributed by atoms with Crippen molar-refractivity contribution in [2.45, 2.75) is 147 Å². The van der Waals surface area contributed by atoms with Gasteiger partial charge in [-0.15, -0.1) is 0 Å². The molecule has 0 aromatic rings. The Labute approximate surface area is 223 Å². The van der Waals surface area contributed by atoms with E-state index in [1.165, 1.54) is 83.5 Å². The number of aliphatic carboxylic acids is 1. The molecule has 0 unspecified atom stereocenters. The van der Waals surface area contributed by atoms with E-state index in [1.807, 2.05) is 0 Å². The number of carbonyl (C=O) groups excluding carboxylic acids is 3. The molecule has 0 heterocycles. The van der Waals surface area contributed by atoms with Gasteiger partial charge in [-0.3, -0.25) is 14.4 Å². The Hall–Kier alpha value is -2.00. The van der Waals surface area contributed by atoms with E-state index in [0.717, 1.165) is 19.3 Å². The van der Waals surface area contributed by atoms with Gasteiger partial charge in [0.25, 0.3) is 0 Å². The molecule has 0 aromatic heterocycles. The largest absolute Gasteiger partial charge is 0.481 e. The molecule has 0 aliphatic heterocycles. The van der Waals surface area contributed by atoms with Crippen LogP contribution in [-0.4, -0.2) is 47.7 Å². The minimum Gasteiger partial charge on any atom is -0.481 e. The Morgan fingerprint density at radius 2 is 1.03 bits per heavy atom. The molecule has 0 saturated heterocycles. The Bertz CT molecular complexity index is 628. The van der Waals surface area contributed by atoms with Gasteiger partial charge in [0.2, 0.25) is 0 Å². The maximum Gasteiger partial charge on any atom is 0.330 e. The lowest BCUT2D eigenvalue weighted by molar-refractivity contribution is -0.160. The highest BCUT2D eigenvalue weighted by molar-refractivity contribution is 5.88. The first-order valence-corrected chi connectivity index (χ1v) is 14.4. The normalized spacial score (nSPS) is 12.6. The Morgan fingerprint density at radius 1 is 0.622 bits per heavy atom. The van der Waals surface area contributed by atoms with Gasteiger partial charge in [-0.05, 0) is 19.3 Å². The number of hydrogen-bond donors (Lipinski definition) is 3. The van der Waals surface area contributed by atoms with Gasteiger partial charge >= 0.3 is 23.9 Å². The molecule has 216 valence electrons. The third-order valence-electron chi connectivity index (χ3n) is 6.39. The van der Waals surface area contributed by atoms with Gasteiger partial charge in [0.1, 0.15) is 12.1 Å². The summed E-state index contributed by atoms with van der Waals surface area (Å²) in [6.45, 7) is 2.55. The van der Waals surface area contributed by atoms with Crippen LogP contribution in [0.5, 0.6) is 0 Å². The minimum atomic E-state index is -1.20. The molecule has 9 heteroatoms. The molecule has 0 rings (SSSR count). The van der Waals surface area contributed by atoms with Crippen LogP contribution in [0.2, 0.25) is 0 Å². The quantitative estimate of drug-likeness (QED) is 0.0826. The van der Waals surface area contributed by atoms with Crippen LogP contribution in [-0.2, 0) is 28.7 Å². The van der Waals surface area contributed by atoms with Crippen LogP contribution in [0.15, 0.2) is 0 Å². The first-order chi connectivity index (χ1) is 17.8. The van der Waals surface area contributed by atoms with Gasteiger partial charge in [0.05, 0.1) is 6.61 Å². The van der Waals surface area contributed by atoms with E-state index in [-0.39, 0.29) is 25.7 Å². The summed E-state index contributed by atoms with van der Waals surface area (Å²) >= 11 is 0. The van der Waals surface area contributed by atoms with Crippen LogP contribution in [0.25, 0.3) is 0 Å². The smallest absolute Gasteiger partial charge is 0.330 e. The summed E-state index contributed by atoms with van der Waals surface area (Å²) in [6, 6.07) is -2.18. The molecule has 0 aliphatic carbocycles. The van der Waals surface area contributed by atoms with Gasteiger partial charge in [0, 0.05) is 12.8 Å². The highest BCUT2D eigenvalue weighted by Crippen LogP contribution is 2.14. The molecule has 0 radical (unpaired) electrons. The molecule has 37 heavy (non-hydrogen) atoms. The number of esters is 3. The number of carboxylic acids is 1. The number of rotatable bonds is 25. The van der Waals surface area contributed by atoms with Crippen LogP contribution in [0.1, 0.15) is 135 Å². The molecule has 9 nitrogen and oxygen atoms in total. The van der Waals surface area contributed by atoms with Crippen molar-refractivity contribution in [1.29, 1.82) is 0 Å². The van der Waals surface area contributed by atoms with Crippen LogP contribution in [0.3, 0.4) is 0 Å². The standard InChI is InChI=1S/C28H52N2O7/c1-2-3-4-5-6-7-8-9-10-11-12-13-14-15-16-17-22-36-27(34)23(29)19-21-26(33)37-28(35)24(30)18-20-25(31)32/h23-24H,2-22,29-30H2,1H3,(H,31,32)/t23-,24-/m0/s1. The minimum absolute atomic E-state index is 0.0196. The average molecular weight is 529 g/mol. The summed E-state index contributed by atoms with van der Waals surface area (Å²) in [5, 5.41) is 8.58. The van der Waals surface area contributed by atoms with E-state index in [2.05, 4.69) is 11.7 Å². The lowest BCUT2D eigenvalue weighted by Crippen LogP contribution is -2.36. The maximum atomic E-state index is 12.0. The zero-order chi connectivity index (χ0) is 27.7. The topological polar surface area (TPSA) is 159 Å².